The molecule has 0 saturated carbocycles. The Bertz CT molecular complexity index is 1420. The lowest BCUT2D eigenvalue weighted by Crippen LogP contribution is -2.36. The first kappa shape index (κ1) is 24.8. The number of aliphatic hydroxyl groups is 1. The Hall–Kier alpha value is -3.91. The first-order valence-electron chi connectivity index (χ1n) is 11.6. The van der Waals surface area contributed by atoms with Gasteiger partial charge in [-0.25, -0.2) is 25.4 Å². The molecular weight excluding hydrogens is 496 g/mol. The van der Waals surface area contributed by atoms with Crippen LogP contribution in [0.15, 0.2) is 36.7 Å². The Morgan fingerprint density at radius 1 is 1.22 bits per heavy atom. The molecule has 12 nitrogen and oxygen atoms in total. The van der Waals surface area contributed by atoms with Gasteiger partial charge in [0.25, 0.3) is 5.91 Å². The standard InChI is InChI=1S/C24H26N8O4S/c1-31(24-26-10-16(11-27-24)23(34)30-35)12-17-9-19-20(37-17)22(32-4-6-36-7-5-32)29-21(28-19)14-2-3-18(25)15(8-14)13-33/h2-3,8-11,33,35H,4-7,12-13,25H2,1H3,(H,30,34). The van der Waals surface area contributed by atoms with E-state index in [1.54, 1.807) is 22.9 Å². The number of nitrogens with one attached hydrogen (secondary N) is 1. The van der Waals surface area contributed by atoms with Gasteiger partial charge >= 0.3 is 0 Å². The van der Waals surface area contributed by atoms with Crippen molar-refractivity contribution in [1.82, 2.24) is 25.4 Å². The number of fused-ring (bicyclic) bond motifs is 1. The average molecular weight is 523 g/mol. The molecule has 1 fully saturated rings. The summed E-state index contributed by atoms with van der Waals surface area (Å²) in [6.07, 6.45) is 2.72. The molecule has 5 N–H and O–H groups in total. The Labute approximate surface area is 216 Å². The first-order chi connectivity index (χ1) is 18.0. The summed E-state index contributed by atoms with van der Waals surface area (Å²) < 4.78 is 6.52. The van der Waals surface area contributed by atoms with Crippen molar-refractivity contribution in [3.8, 4) is 11.4 Å². The zero-order valence-corrected chi connectivity index (χ0v) is 20.9. The fourth-order valence-electron chi connectivity index (χ4n) is 4.05. The summed E-state index contributed by atoms with van der Waals surface area (Å²) in [6, 6.07) is 7.46. The van der Waals surface area contributed by atoms with Gasteiger partial charge in [-0.3, -0.25) is 10.0 Å². The van der Waals surface area contributed by atoms with Crippen LogP contribution < -0.4 is 21.0 Å². The molecule has 0 bridgehead atoms. The minimum Gasteiger partial charge on any atom is -0.398 e. The highest BCUT2D eigenvalue weighted by Gasteiger charge is 2.21. The lowest BCUT2D eigenvalue weighted by Gasteiger charge is -2.28. The predicted molar refractivity (Wildman–Crippen MR) is 140 cm³/mol. The number of anilines is 3. The van der Waals surface area contributed by atoms with E-state index in [2.05, 4.69) is 14.9 Å². The Kier molecular flexibility index (Phi) is 7.10. The zero-order chi connectivity index (χ0) is 25.9. The van der Waals surface area contributed by atoms with Crippen molar-refractivity contribution in [2.45, 2.75) is 13.2 Å². The first-order valence-corrected chi connectivity index (χ1v) is 12.4. The lowest BCUT2D eigenvalue weighted by molar-refractivity contribution is 0.0705. The molecular formula is C24H26N8O4S. The second-order valence-corrected chi connectivity index (χ2v) is 9.67. The Balaban J connectivity index is 1.49. The summed E-state index contributed by atoms with van der Waals surface area (Å²) in [5, 5.41) is 18.4. The maximum atomic E-state index is 11.5. The average Bonchev–Trinajstić information content (AvgIpc) is 3.35. The maximum absolute atomic E-state index is 11.5. The van der Waals surface area contributed by atoms with E-state index in [0.29, 0.717) is 42.8 Å². The molecule has 1 amide bonds. The molecule has 1 aromatic carbocycles. The fraction of sp³-hybridized carbons (Fsp3) is 0.292. The molecule has 0 radical (unpaired) electrons. The van der Waals surface area contributed by atoms with Gasteiger partial charge in [0.2, 0.25) is 5.95 Å². The van der Waals surface area contributed by atoms with Gasteiger partial charge < -0.3 is 25.4 Å². The number of hydroxylamine groups is 1. The van der Waals surface area contributed by atoms with Crippen LogP contribution in [-0.4, -0.2) is 69.5 Å². The van der Waals surface area contributed by atoms with Crippen molar-refractivity contribution >= 4 is 44.9 Å². The summed E-state index contributed by atoms with van der Waals surface area (Å²) in [6.45, 7) is 3.05. The molecule has 1 saturated heterocycles. The van der Waals surface area contributed by atoms with E-state index in [4.69, 9.17) is 25.6 Å². The van der Waals surface area contributed by atoms with Gasteiger partial charge in [0.15, 0.2) is 11.6 Å². The number of hydrogen-bond donors (Lipinski definition) is 4. The van der Waals surface area contributed by atoms with Gasteiger partial charge in [0.1, 0.15) is 0 Å². The summed E-state index contributed by atoms with van der Waals surface area (Å²) in [5.41, 5.74) is 10.4. The largest absolute Gasteiger partial charge is 0.398 e. The summed E-state index contributed by atoms with van der Waals surface area (Å²) >= 11 is 1.60. The second kappa shape index (κ2) is 10.6. The number of aliphatic hydroxyl groups excluding tert-OH is 1. The number of nitrogens with zero attached hydrogens (tertiary/aromatic N) is 6. The summed E-state index contributed by atoms with van der Waals surface area (Å²) in [5.74, 6) is 1.17. The molecule has 0 aliphatic carbocycles. The van der Waals surface area contributed by atoms with Gasteiger partial charge in [-0.2, -0.15) is 0 Å². The van der Waals surface area contributed by atoms with E-state index in [9.17, 15) is 9.90 Å². The third-order valence-corrected chi connectivity index (χ3v) is 7.13. The molecule has 0 unspecified atom stereocenters. The highest BCUT2D eigenvalue weighted by molar-refractivity contribution is 7.19. The maximum Gasteiger partial charge on any atom is 0.277 e. The van der Waals surface area contributed by atoms with Gasteiger partial charge in [-0.05, 0) is 24.3 Å². The minimum absolute atomic E-state index is 0.159. The number of carbonyl (C=O) groups is 1. The molecule has 0 spiro atoms. The van der Waals surface area contributed by atoms with Gasteiger partial charge in [-0.15, -0.1) is 11.3 Å². The molecule has 4 heterocycles. The van der Waals surface area contributed by atoms with Crippen LogP contribution in [0.3, 0.4) is 0 Å². The smallest absolute Gasteiger partial charge is 0.277 e. The lowest BCUT2D eigenvalue weighted by atomic mass is 10.1. The number of nitrogen functional groups attached to an aromatic ring is 1. The molecule has 192 valence electrons. The molecule has 5 rings (SSSR count). The molecule has 1 aliphatic heterocycles. The molecule has 0 atom stereocenters. The Morgan fingerprint density at radius 2 is 1.97 bits per heavy atom. The van der Waals surface area contributed by atoms with Crippen LogP contribution in [0.1, 0.15) is 20.8 Å². The Morgan fingerprint density at radius 3 is 2.68 bits per heavy atom. The summed E-state index contributed by atoms with van der Waals surface area (Å²) in [7, 11) is 1.86. The van der Waals surface area contributed by atoms with Crippen LogP contribution in [0.2, 0.25) is 0 Å². The van der Waals surface area contributed by atoms with E-state index in [1.165, 1.54) is 12.4 Å². The topological polar surface area (TPSA) is 163 Å². The van der Waals surface area contributed by atoms with E-state index in [-0.39, 0.29) is 12.2 Å². The van der Waals surface area contributed by atoms with Gasteiger partial charge in [-0.1, -0.05) is 0 Å². The number of benzene rings is 1. The van der Waals surface area contributed by atoms with Gasteiger partial charge in [0.05, 0.1) is 42.1 Å². The van der Waals surface area contributed by atoms with Crippen molar-refractivity contribution in [2.75, 3.05) is 48.9 Å². The quantitative estimate of drug-likeness (QED) is 0.159. The van der Waals surface area contributed by atoms with E-state index >= 15 is 0 Å². The van der Waals surface area contributed by atoms with Gasteiger partial charge in [0, 0.05) is 54.2 Å². The molecule has 3 aromatic heterocycles. The number of aromatic nitrogens is 4. The van der Waals surface area contributed by atoms with Crippen molar-refractivity contribution in [3.05, 3.63) is 52.7 Å². The summed E-state index contributed by atoms with van der Waals surface area (Å²) in [4.78, 5) is 34.9. The van der Waals surface area contributed by atoms with Crippen LogP contribution in [0.25, 0.3) is 21.6 Å². The molecule has 37 heavy (non-hydrogen) atoms. The minimum atomic E-state index is -0.670. The van der Waals surface area contributed by atoms with Crippen LogP contribution in [0, 0.1) is 0 Å². The van der Waals surface area contributed by atoms with Crippen LogP contribution in [0.4, 0.5) is 17.5 Å². The predicted octanol–water partition coefficient (Wildman–Crippen LogP) is 1.81. The van der Waals surface area contributed by atoms with Crippen LogP contribution in [0.5, 0.6) is 0 Å². The van der Waals surface area contributed by atoms with E-state index in [0.717, 1.165) is 39.6 Å². The number of ether oxygens (including phenoxy) is 1. The monoisotopic (exact) mass is 522 g/mol. The number of nitrogens with two attached hydrogens (primary N) is 1. The van der Waals surface area contributed by atoms with E-state index in [1.807, 2.05) is 30.1 Å². The molecule has 13 heteroatoms. The highest BCUT2D eigenvalue weighted by atomic mass is 32.1. The number of amides is 1. The van der Waals surface area contributed by atoms with Crippen molar-refractivity contribution in [2.24, 2.45) is 0 Å². The van der Waals surface area contributed by atoms with Crippen molar-refractivity contribution < 1.29 is 19.8 Å². The fourth-order valence-corrected chi connectivity index (χ4v) is 5.21. The number of morpholine rings is 1. The third kappa shape index (κ3) is 5.15. The number of hydrogen-bond acceptors (Lipinski definition) is 12. The van der Waals surface area contributed by atoms with Crippen molar-refractivity contribution in [1.29, 1.82) is 0 Å². The second-order valence-electron chi connectivity index (χ2n) is 8.54. The SMILES string of the molecule is CN(Cc1cc2nc(-c3ccc(N)c(CO)c3)nc(N3CCOCC3)c2s1)c1ncc(C(=O)NO)cn1. The number of rotatable bonds is 7. The highest BCUT2D eigenvalue weighted by Crippen LogP contribution is 2.35. The van der Waals surface area contributed by atoms with Crippen molar-refractivity contribution in [3.63, 3.8) is 0 Å². The molecule has 1 aliphatic rings. The van der Waals surface area contributed by atoms with E-state index < -0.39 is 5.91 Å². The molecule has 4 aromatic rings. The van der Waals surface area contributed by atoms with Crippen LogP contribution >= 0.6 is 11.3 Å². The third-order valence-electron chi connectivity index (χ3n) is 6.02. The zero-order valence-electron chi connectivity index (χ0n) is 20.1. The number of carbonyl (C=O) groups excluding carboxylic acids is 1. The number of thiophene rings is 1. The normalized spacial score (nSPS) is 13.6. The van der Waals surface area contributed by atoms with Crippen LogP contribution in [-0.2, 0) is 17.9 Å².